The number of aliphatic hydroxyl groups is 1. The van der Waals surface area contributed by atoms with Crippen molar-refractivity contribution in [1.82, 2.24) is 9.80 Å². The summed E-state index contributed by atoms with van der Waals surface area (Å²) in [6.07, 6.45) is 2.76. The molecule has 0 aromatic heterocycles. The van der Waals surface area contributed by atoms with E-state index in [1.807, 2.05) is 13.0 Å². The molecular formula is C31H42N2O6. The topological polar surface area (TPSA) is 88.5 Å². The van der Waals surface area contributed by atoms with E-state index in [1.165, 1.54) is 0 Å². The van der Waals surface area contributed by atoms with Crippen LogP contribution in [-0.4, -0.2) is 73.1 Å². The second-order valence-electron chi connectivity index (χ2n) is 9.51. The Morgan fingerprint density at radius 2 is 1.72 bits per heavy atom. The molecule has 2 aromatic carbocycles. The summed E-state index contributed by atoms with van der Waals surface area (Å²) in [5.41, 5.74) is 1.13. The average molecular weight is 539 g/mol. The monoisotopic (exact) mass is 538 g/mol. The highest BCUT2D eigenvalue weighted by Gasteiger charge is 2.46. The Balaban J connectivity index is 2.10. The van der Waals surface area contributed by atoms with Gasteiger partial charge in [-0.25, -0.2) is 0 Å². The van der Waals surface area contributed by atoms with E-state index in [2.05, 4.69) is 25.7 Å². The van der Waals surface area contributed by atoms with E-state index in [9.17, 15) is 14.7 Å². The number of carbonyl (C=O) groups excluding carboxylic acids is 2. The van der Waals surface area contributed by atoms with Gasteiger partial charge in [0.2, 0.25) is 0 Å². The summed E-state index contributed by atoms with van der Waals surface area (Å²) >= 11 is 0. The first-order valence-corrected chi connectivity index (χ1v) is 13.9. The van der Waals surface area contributed by atoms with Gasteiger partial charge in [0.25, 0.3) is 11.7 Å². The molecule has 1 aliphatic heterocycles. The molecule has 1 fully saturated rings. The van der Waals surface area contributed by atoms with Gasteiger partial charge in [0.1, 0.15) is 11.5 Å². The molecule has 2 aromatic rings. The summed E-state index contributed by atoms with van der Waals surface area (Å²) in [4.78, 5) is 30.5. The first-order valence-electron chi connectivity index (χ1n) is 13.9. The van der Waals surface area contributed by atoms with E-state index in [0.717, 1.165) is 32.4 Å². The molecule has 39 heavy (non-hydrogen) atoms. The van der Waals surface area contributed by atoms with Crippen molar-refractivity contribution < 1.29 is 28.9 Å². The van der Waals surface area contributed by atoms with E-state index in [4.69, 9.17) is 14.2 Å². The number of nitrogens with zero attached hydrogens (tertiary/aromatic N) is 2. The van der Waals surface area contributed by atoms with Crippen molar-refractivity contribution in [2.75, 3.05) is 46.5 Å². The molecule has 0 spiro atoms. The van der Waals surface area contributed by atoms with Crippen molar-refractivity contribution in [3.63, 3.8) is 0 Å². The first kappa shape index (κ1) is 30.0. The number of likely N-dealkylation sites (N-methyl/N-ethyl adjacent to an activating group) is 1. The number of methoxy groups -OCH3 is 1. The maximum atomic E-state index is 13.4. The minimum Gasteiger partial charge on any atom is -0.507 e. The molecule has 1 atom stereocenters. The molecule has 1 amide bonds. The fraction of sp³-hybridized carbons (Fsp3) is 0.484. The Kier molecular flexibility index (Phi) is 11.2. The maximum absolute atomic E-state index is 13.4. The number of rotatable bonds is 15. The molecule has 1 N–H and O–H groups in total. The number of hydrogen-bond acceptors (Lipinski definition) is 7. The predicted octanol–water partition coefficient (Wildman–Crippen LogP) is 5.43. The lowest BCUT2D eigenvalue weighted by Crippen LogP contribution is -2.38. The van der Waals surface area contributed by atoms with Crippen LogP contribution in [0.15, 0.2) is 48.0 Å². The highest BCUT2D eigenvalue weighted by molar-refractivity contribution is 6.46. The quantitative estimate of drug-likeness (QED) is 0.140. The molecule has 8 heteroatoms. The SMILES string of the molecule is CCCCOc1ccc(C2/C(=C(\O)c3cccc(OCCC)c3)C(=O)C(=O)N2CCN(CC)CC)cc1OC. The number of amides is 1. The largest absolute Gasteiger partial charge is 0.507 e. The first-order chi connectivity index (χ1) is 18.9. The van der Waals surface area contributed by atoms with Gasteiger partial charge >= 0.3 is 0 Å². The summed E-state index contributed by atoms with van der Waals surface area (Å²) in [5, 5.41) is 11.5. The predicted molar refractivity (Wildman–Crippen MR) is 152 cm³/mol. The van der Waals surface area contributed by atoms with Crippen molar-refractivity contribution >= 4 is 17.4 Å². The second kappa shape index (κ2) is 14.6. The van der Waals surface area contributed by atoms with Gasteiger partial charge in [0, 0.05) is 18.7 Å². The number of aliphatic hydroxyl groups excluding tert-OH is 1. The molecule has 0 saturated carbocycles. The Hall–Kier alpha value is -3.52. The number of likely N-dealkylation sites (tertiary alicyclic amines) is 1. The number of ether oxygens (including phenoxy) is 3. The molecule has 0 bridgehead atoms. The zero-order valence-corrected chi connectivity index (χ0v) is 23.9. The van der Waals surface area contributed by atoms with E-state index >= 15 is 0 Å². The van der Waals surface area contributed by atoms with Gasteiger partial charge in [0.05, 0.1) is 31.9 Å². The molecule has 212 valence electrons. The van der Waals surface area contributed by atoms with Crippen LogP contribution in [0.3, 0.4) is 0 Å². The van der Waals surface area contributed by atoms with Crippen LogP contribution in [0.2, 0.25) is 0 Å². The number of unbranched alkanes of at least 4 members (excludes halogenated alkanes) is 1. The van der Waals surface area contributed by atoms with Gasteiger partial charge in [0.15, 0.2) is 11.5 Å². The zero-order chi connectivity index (χ0) is 28.4. The van der Waals surface area contributed by atoms with Crippen molar-refractivity contribution in [2.24, 2.45) is 0 Å². The lowest BCUT2D eigenvalue weighted by Gasteiger charge is -2.28. The van der Waals surface area contributed by atoms with Crippen LogP contribution >= 0.6 is 0 Å². The third-order valence-corrected chi connectivity index (χ3v) is 6.93. The van der Waals surface area contributed by atoms with E-state index in [0.29, 0.717) is 54.7 Å². The van der Waals surface area contributed by atoms with Crippen LogP contribution < -0.4 is 14.2 Å². The Morgan fingerprint density at radius 1 is 0.949 bits per heavy atom. The van der Waals surface area contributed by atoms with Crippen LogP contribution in [0.4, 0.5) is 0 Å². The third-order valence-electron chi connectivity index (χ3n) is 6.93. The van der Waals surface area contributed by atoms with Gasteiger partial charge in [-0.1, -0.05) is 52.3 Å². The third kappa shape index (κ3) is 7.12. The zero-order valence-electron chi connectivity index (χ0n) is 23.9. The summed E-state index contributed by atoms with van der Waals surface area (Å²) in [6.45, 7) is 11.9. The van der Waals surface area contributed by atoms with Crippen molar-refractivity contribution in [3.8, 4) is 17.2 Å². The Morgan fingerprint density at radius 3 is 2.38 bits per heavy atom. The van der Waals surface area contributed by atoms with Gasteiger partial charge < -0.3 is 29.1 Å². The van der Waals surface area contributed by atoms with Gasteiger partial charge in [-0.15, -0.1) is 0 Å². The lowest BCUT2D eigenvalue weighted by atomic mass is 9.95. The van der Waals surface area contributed by atoms with Gasteiger partial charge in [-0.05, 0) is 55.8 Å². The van der Waals surface area contributed by atoms with Crippen LogP contribution in [0.25, 0.3) is 5.76 Å². The average Bonchev–Trinajstić information content (AvgIpc) is 3.21. The van der Waals surface area contributed by atoms with E-state index < -0.39 is 17.7 Å². The van der Waals surface area contributed by atoms with E-state index in [-0.39, 0.29) is 11.3 Å². The standard InChI is InChI=1S/C31H42N2O6/c1-6-10-19-39-25-15-14-22(21-26(25)37-5)28-27(29(34)23-12-11-13-24(20-23)38-18-7-2)30(35)31(36)33(28)17-16-32(8-3)9-4/h11-15,20-21,28,34H,6-10,16-19H2,1-5H3/b29-27+. The minimum absolute atomic E-state index is 0.0499. The fourth-order valence-electron chi connectivity index (χ4n) is 4.65. The van der Waals surface area contributed by atoms with E-state index in [1.54, 1.807) is 48.4 Å². The summed E-state index contributed by atoms with van der Waals surface area (Å²) < 4.78 is 17.2. The van der Waals surface area contributed by atoms with Crippen molar-refractivity contribution in [2.45, 2.75) is 53.0 Å². The number of benzene rings is 2. The van der Waals surface area contributed by atoms with Gasteiger partial charge in [-0.2, -0.15) is 0 Å². The lowest BCUT2D eigenvalue weighted by molar-refractivity contribution is -0.140. The van der Waals surface area contributed by atoms with Crippen LogP contribution in [0.1, 0.15) is 64.1 Å². The summed E-state index contributed by atoms with van der Waals surface area (Å²) in [5.74, 6) is 0.119. The van der Waals surface area contributed by atoms with Crippen LogP contribution in [-0.2, 0) is 9.59 Å². The summed E-state index contributed by atoms with van der Waals surface area (Å²) in [6, 6.07) is 11.6. The maximum Gasteiger partial charge on any atom is 0.295 e. The van der Waals surface area contributed by atoms with Crippen molar-refractivity contribution in [1.29, 1.82) is 0 Å². The molecule has 3 rings (SSSR count). The Labute approximate surface area is 232 Å². The molecule has 1 unspecified atom stereocenters. The minimum atomic E-state index is -0.778. The summed E-state index contributed by atoms with van der Waals surface area (Å²) in [7, 11) is 1.56. The Bertz CT molecular complexity index is 1160. The molecule has 8 nitrogen and oxygen atoms in total. The number of hydrogen-bond donors (Lipinski definition) is 1. The van der Waals surface area contributed by atoms with Crippen LogP contribution in [0, 0.1) is 0 Å². The normalized spacial score (nSPS) is 16.7. The number of Topliss-reactive ketones (excluding diaryl/α,β-unsaturated/α-hetero) is 1. The molecule has 1 aliphatic rings. The molecule has 1 heterocycles. The molecule has 0 aliphatic carbocycles. The number of ketones is 1. The van der Waals surface area contributed by atoms with Crippen molar-refractivity contribution in [3.05, 3.63) is 59.2 Å². The fourth-order valence-corrected chi connectivity index (χ4v) is 4.65. The smallest absolute Gasteiger partial charge is 0.295 e. The molecular weight excluding hydrogens is 496 g/mol. The van der Waals surface area contributed by atoms with Gasteiger partial charge in [-0.3, -0.25) is 9.59 Å². The second-order valence-corrected chi connectivity index (χ2v) is 9.51. The molecule has 1 saturated heterocycles. The molecule has 0 radical (unpaired) electrons. The highest BCUT2D eigenvalue weighted by atomic mass is 16.5. The highest BCUT2D eigenvalue weighted by Crippen LogP contribution is 2.42. The van der Waals surface area contributed by atoms with Crippen LogP contribution in [0.5, 0.6) is 17.2 Å². The number of carbonyl (C=O) groups is 2.